The summed E-state index contributed by atoms with van der Waals surface area (Å²) < 4.78 is 0. The zero-order valence-electron chi connectivity index (χ0n) is 22.2. The molecule has 1 aromatic heterocycles. The van der Waals surface area contributed by atoms with E-state index in [0.29, 0.717) is 12.8 Å². The van der Waals surface area contributed by atoms with E-state index in [4.69, 9.17) is 5.73 Å². The Balaban J connectivity index is 1.90. The Hall–Kier alpha value is -3.69. The fourth-order valence-corrected chi connectivity index (χ4v) is 4.23. The third-order valence-corrected chi connectivity index (χ3v) is 6.60. The number of hydrogen-bond acceptors (Lipinski definition) is 5. The van der Waals surface area contributed by atoms with Gasteiger partial charge in [0.2, 0.25) is 11.8 Å². The highest BCUT2D eigenvalue weighted by Crippen LogP contribution is 2.21. The van der Waals surface area contributed by atoms with E-state index in [2.05, 4.69) is 15.7 Å². The second-order valence-corrected chi connectivity index (χ2v) is 9.92. The van der Waals surface area contributed by atoms with Crippen molar-refractivity contribution in [2.24, 2.45) is 5.73 Å². The van der Waals surface area contributed by atoms with E-state index >= 15 is 0 Å². The first-order chi connectivity index (χ1) is 17.5. The molecule has 198 valence electrons. The van der Waals surface area contributed by atoms with Crippen LogP contribution in [0.15, 0.2) is 60.8 Å². The maximum Gasteiger partial charge on any atom is 0.259 e. The summed E-state index contributed by atoms with van der Waals surface area (Å²) in [4.78, 5) is 44.7. The van der Waals surface area contributed by atoms with E-state index in [1.807, 2.05) is 60.8 Å². The van der Waals surface area contributed by atoms with E-state index in [0.717, 1.165) is 22.0 Å². The summed E-state index contributed by atoms with van der Waals surface area (Å²) in [6.07, 6.45) is 3.13. The Kier molecular flexibility index (Phi) is 9.07. The van der Waals surface area contributed by atoms with E-state index in [-0.39, 0.29) is 18.2 Å². The number of aryl methyl sites for hydroxylation is 1. The van der Waals surface area contributed by atoms with E-state index < -0.39 is 23.5 Å². The molecule has 0 saturated carbocycles. The van der Waals surface area contributed by atoms with Crippen LogP contribution >= 0.6 is 0 Å². The first-order valence-electron chi connectivity index (χ1n) is 12.4. The molecule has 0 aliphatic carbocycles. The molecule has 0 bridgehead atoms. The van der Waals surface area contributed by atoms with Gasteiger partial charge in [-0.05, 0) is 43.9 Å². The third-order valence-electron chi connectivity index (χ3n) is 6.60. The number of likely N-dealkylation sites (N-methyl/N-ethyl adjacent to an activating group) is 2. The van der Waals surface area contributed by atoms with Crippen LogP contribution in [0.5, 0.6) is 0 Å². The Bertz CT molecular complexity index is 1220. The monoisotopic (exact) mass is 506 g/mol. The van der Waals surface area contributed by atoms with Crippen molar-refractivity contribution in [1.82, 2.24) is 25.6 Å². The molecule has 0 saturated heterocycles. The molecule has 0 unspecified atom stereocenters. The molecule has 0 aliphatic heterocycles. The summed E-state index contributed by atoms with van der Waals surface area (Å²) >= 11 is 0. The number of nitrogens with one attached hydrogen (secondary N) is 3. The van der Waals surface area contributed by atoms with Crippen molar-refractivity contribution in [2.45, 2.75) is 50.7 Å². The number of carbonyl (C=O) groups is 3. The number of amides is 3. The lowest BCUT2D eigenvalue weighted by Crippen LogP contribution is -2.59. The van der Waals surface area contributed by atoms with Crippen LogP contribution in [-0.2, 0) is 27.2 Å². The summed E-state index contributed by atoms with van der Waals surface area (Å²) in [6.45, 7) is 3.18. The molecule has 1 heterocycles. The number of benzene rings is 2. The first-order valence-corrected chi connectivity index (χ1v) is 12.4. The van der Waals surface area contributed by atoms with Gasteiger partial charge in [-0.1, -0.05) is 48.5 Å². The number of nitrogens with zero attached hydrogens (tertiary/aromatic N) is 2. The molecular weight excluding hydrogens is 468 g/mol. The average Bonchev–Trinajstić information content (AvgIpc) is 3.29. The van der Waals surface area contributed by atoms with Gasteiger partial charge in [-0.3, -0.25) is 19.4 Å². The molecule has 3 rings (SSSR count). The zero-order chi connectivity index (χ0) is 27.2. The molecule has 9 heteroatoms. The van der Waals surface area contributed by atoms with Crippen molar-refractivity contribution in [3.63, 3.8) is 0 Å². The van der Waals surface area contributed by atoms with Gasteiger partial charge >= 0.3 is 0 Å². The van der Waals surface area contributed by atoms with Crippen molar-refractivity contribution in [2.75, 3.05) is 21.1 Å². The van der Waals surface area contributed by atoms with Crippen molar-refractivity contribution in [3.8, 4) is 0 Å². The predicted octanol–water partition coefficient (Wildman–Crippen LogP) is 1.99. The Morgan fingerprint density at radius 2 is 1.65 bits per heavy atom. The molecule has 5 N–H and O–H groups in total. The SMILES string of the molecule is CNN(C)C(=O)[C@@H](CCc1ccccc1)N(C)C(=O)[C@@H](Cc1c[nH]c2ccccc12)NC(=O)C(C)(C)N. The second kappa shape index (κ2) is 12.0. The topological polar surface area (TPSA) is 124 Å². The fourth-order valence-electron chi connectivity index (χ4n) is 4.23. The van der Waals surface area contributed by atoms with Gasteiger partial charge in [0.15, 0.2) is 0 Å². The van der Waals surface area contributed by atoms with Crippen molar-refractivity contribution in [1.29, 1.82) is 0 Å². The molecule has 0 aliphatic rings. The molecule has 0 fully saturated rings. The average molecular weight is 507 g/mol. The number of nitrogens with two attached hydrogens (primary N) is 1. The zero-order valence-corrected chi connectivity index (χ0v) is 22.2. The molecule has 0 spiro atoms. The maximum absolute atomic E-state index is 13.9. The number of hydrogen-bond donors (Lipinski definition) is 4. The highest BCUT2D eigenvalue weighted by molar-refractivity contribution is 5.94. The van der Waals surface area contributed by atoms with Crippen molar-refractivity contribution >= 4 is 28.6 Å². The minimum Gasteiger partial charge on any atom is -0.361 e. The molecular formula is C28H38N6O3. The summed E-state index contributed by atoms with van der Waals surface area (Å²) in [7, 11) is 4.89. The van der Waals surface area contributed by atoms with Crippen LogP contribution in [0.4, 0.5) is 0 Å². The molecule has 0 radical (unpaired) electrons. The van der Waals surface area contributed by atoms with Gasteiger partial charge in [-0.25, -0.2) is 5.43 Å². The van der Waals surface area contributed by atoms with Crippen LogP contribution < -0.4 is 16.5 Å². The van der Waals surface area contributed by atoms with Crippen LogP contribution in [0.25, 0.3) is 10.9 Å². The van der Waals surface area contributed by atoms with E-state index in [9.17, 15) is 14.4 Å². The quantitative estimate of drug-likeness (QED) is 0.296. The van der Waals surface area contributed by atoms with Gasteiger partial charge in [0.1, 0.15) is 12.1 Å². The lowest BCUT2D eigenvalue weighted by atomic mass is 9.99. The number of aromatic nitrogens is 1. The summed E-state index contributed by atoms with van der Waals surface area (Å²) in [5.41, 5.74) is 10.6. The van der Waals surface area contributed by atoms with Gasteiger partial charge in [0.05, 0.1) is 5.54 Å². The fraction of sp³-hybridized carbons (Fsp3) is 0.393. The summed E-state index contributed by atoms with van der Waals surface area (Å²) in [5.74, 6) is -1.05. The maximum atomic E-state index is 13.9. The minimum atomic E-state index is -1.17. The molecule has 3 amide bonds. The highest BCUT2D eigenvalue weighted by atomic mass is 16.2. The van der Waals surface area contributed by atoms with Crippen LogP contribution in [0.2, 0.25) is 0 Å². The molecule has 37 heavy (non-hydrogen) atoms. The van der Waals surface area contributed by atoms with E-state index in [1.54, 1.807) is 35.0 Å². The summed E-state index contributed by atoms with van der Waals surface area (Å²) in [6, 6.07) is 15.9. The second-order valence-electron chi connectivity index (χ2n) is 9.92. The lowest BCUT2D eigenvalue weighted by Gasteiger charge is -2.33. The van der Waals surface area contributed by atoms with Gasteiger partial charge in [0.25, 0.3) is 5.91 Å². The molecule has 2 atom stereocenters. The number of hydrazine groups is 1. The lowest BCUT2D eigenvalue weighted by molar-refractivity contribution is -0.147. The number of fused-ring (bicyclic) bond motifs is 1. The van der Waals surface area contributed by atoms with Crippen LogP contribution in [0.1, 0.15) is 31.4 Å². The molecule has 3 aromatic rings. The minimum absolute atomic E-state index is 0.245. The van der Waals surface area contributed by atoms with Gasteiger partial charge in [0, 0.05) is 44.7 Å². The van der Waals surface area contributed by atoms with Crippen molar-refractivity contribution in [3.05, 3.63) is 71.9 Å². The number of rotatable bonds is 11. The van der Waals surface area contributed by atoms with Crippen LogP contribution in [0, 0.1) is 0 Å². The Labute approximate surface area is 218 Å². The van der Waals surface area contributed by atoms with Crippen molar-refractivity contribution < 1.29 is 14.4 Å². The number of aromatic amines is 1. The van der Waals surface area contributed by atoms with E-state index in [1.165, 1.54) is 9.91 Å². The third kappa shape index (κ3) is 6.96. The Morgan fingerprint density at radius 1 is 1.00 bits per heavy atom. The molecule has 9 nitrogen and oxygen atoms in total. The first kappa shape index (κ1) is 27.9. The smallest absolute Gasteiger partial charge is 0.259 e. The van der Waals surface area contributed by atoms with Gasteiger partial charge in [-0.15, -0.1) is 0 Å². The summed E-state index contributed by atoms with van der Waals surface area (Å²) in [5, 5.41) is 5.18. The van der Waals surface area contributed by atoms with Crippen LogP contribution in [0.3, 0.4) is 0 Å². The number of H-pyrrole nitrogens is 1. The Morgan fingerprint density at radius 3 is 2.30 bits per heavy atom. The van der Waals surface area contributed by atoms with Crippen LogP contribution in [-0.4, -0.2) is 71.4 Å². The normalized spacial score (nSPS) is 13.1. The number of carbonyl (C=O) groups excluding carboxylic acids is 3. The molecule has 2 aromatic carbocycles. The largest absolute Gasteiger partial charge is 0.361 e. The van der Waals surface area contributed by atoms with Gasteiger partial charge in [-0.2, -0.15) is 0 Å². The standard InChI is InChI=1S/C28H38N6O3/c1-28(2,29)27(37)32-23(17-20-18-31-22-14-10-9-13-21(20)22)25(35)33(4)24(26(36)34(5)30-3)16-15-19-11-7-6-8-12-19/h6-14,18,23-24,30-31H,15-17,29H2,1-5H3,(H,32,37)/t23-,24-/m1/s1. The van der Waals surface area contributed by atoms with Gasteiger partial charge < -0.3 is 20.9 Å². The predicted molar refractivity (Wildman–Crippen MR) is 145 cm³/mol. The number of para-hydroxylation sites is 1. The highest BCUT2D eigenvalue weighted by Gasteiger charge is 2.35.